The third-order valence-electron chi connectivity index (χ3n) is 2.51. The summed E-state index contributed by atoms with van der Waals surface area (Å²) in [4.78, 5) is 0.628. The van der Waals surface area contributed by atoms with E-state index >= 15 is 0 Å². The molecule has 0 aliphatic heterocycles. The van der Waals surface area contributed by atoms with E-state index in [1.54, 1.807) is 36.4 Å². The van der Waals surface area contributed by atoms with Crippen LogP contribution >= 0.6 is 34.8 Å². The third-order valence-corrected chi connectivity index (χ3v) is 4.97. The van der Waals surface area contributed by atoms with Gasteiger partial charge in [0, 0.05) is 4.90 Å². The van der Waals surface area contributed by atoms with Gasteiger partial charge in [0.05, 0.1) is 37.3 Å². The van der Waals surface area contributed by atoms with Crippen LogP contribution in [0.25, 0.3) is 0 Å². The maximum Gasteiger partial charge on any atom is 0.0635 e. The molecule has 6 heteroatoms. The van der Waals surface area contributed by atoms with Crippen molar-refractivity contribution in [2.75, 3.05) is 5.73 Å². The number of nitrogens with two attached hydrogens (primary N) is 1. The normalized spacial score (nSPS) is 12.4. The first-order valence-corrected chi connectivity index (χ1v) is 7.80. The number of rotatable bonds is 3. The monoisotopic (exact) mass is 333 g/mol. The minimum atomic E-state index is -1.21. The number of benzene rings is 2. The highest BCUT2D eigenvalue weighted by Crippen LogP contribution is 2.26. The molecule has 2 aromatic rings. The predicted molar refractivity (Wildman–Crippen MR) is 82.4 cm³/mol. The Bertz CT molecular complexity index is 646. The molecule has 0 aliphatic carbocycles. The minimum Gasteiger partial charge on any atom is -0.398 e. The molecule has 0 aromatic heterocycles. The molecule has 0 saturated heterocycles. The highest BCUT2D eigenvalue weighted by Gasteiger charge is 2.08. The Kier molecular flexibility index (Phi) is 4.74. The maximum absolute atomic E-state index is 12.2. The van der Waals surface area contributed by atoms with Crippen molar-refractivity contribution in [3.05, 3.63) is 57.0 Å². The molecule has 2 aromatic carbocycles. The minimum absolute atomic E-state index is 0.347. The van der Waals surface area contributed by atoms with E-state index in [9.17, 15) is 4.21 Å². The van der Waals surface area contributed by atoms with Gasteiger partial charge in [0.15, 0.2) is 0 Å². The predicted octanol–water partition coefficient (Wildman–Crippen LogP) is 4.54. The van der Waals surface area contributed by atoms with Gasteiger partial charge in [-0.1, -0.05) is 40.9 Å². The van der Waals surface area contributed by atoms with Crippen LogP contribution in [0.5, 0.6) is 0 Å². The SMILES string of the molecule is Nc1cc(CS(=O)c2ccc(Cl)c(Cl)c2)ccc1Cl. The lowest BCUT2D eigenvalue weighted by Crippen LogP contribution is -1.98. The molecule has 0 aliphatic rings. The second-order valence-electron chi connectivity index (χ2n) is 3.92. The summed E-state index contributed by atoms with van der Waals surface area (Å²) < 4.78 is 12.2. The van der Waals surface area contributed by atoms with Gasteiger partial charge in [-0.15, -0.1) is 0 Å². The van der Waals surface area contributed by atoms with E-state index in [1.807, 2.05) is 0 Å². The van der Waals surface area contributed by atoms with Gasteiger partial charge in [-0.05, 0) is 35.9 Å². The molecule has 1 unspecified atom stereocenters. The molecule has 2 rings (SSSR count). The van der Waals surface area contributed by atoms with E-state index in [4.69, 9.17) is 40.5 Å². The van der Waals surface area contributed by atoms with Crippen LogP contribution in [0, 0.1) is 0 Å². The number of anilines is 1. The summed E-state index contributed by atoms with van der Waals surface area (Å²) >= 11 is 17.6. The van der Waals surface area contributed by atoms with Crippen LogP contribution in [0.3, 0.4) is 0 Å². The van der Waals surface area contributed by atoms with Gasteiger partial charge >= 0.3 is 0 Å². The molecule has 1 atom stereocenters. The summed E-state index contributed by atoms with van der Waals surface area (Å²) in [5, 5.41) is 1.32. The van der Waals surface area contributed by atoms with E-state index < -0.39 is 10.8 Å². The van der Waals surface area contributed by atoms with Crippen LogP contribution in [0.15, 0.2) is 41.3 Å². The van der Waals surface area contributed by atoms with Crippen LogP contribution in [0.1, 0.15) is 5.56 Å². The van der Waals surface area contributed by atoms with Gasteiger partial charge in [0.2, 0.25) is 0 Å². The van der Waals surface area contributed by atoms with E-state index in [1.165, 1.54) is 0 Å². The molecule has 100 valence electrons. The molecule has 19 heavy (non-hydrogen) atoms. The standard InChI is InChI=1S/C13H10Cl3NOS/c14-10-4-2-9(6-12(10)16)19(18)7-8-1-3-11(15)13(17)5-8/h1-6H,7,17H2. The van der Waals surface area contributed by atoms with Gasteiger partial charge in [0.1, 0.15) is 0 Å². The number of hydrogen-bond acceptors (Lipinski definition) is 2. The molecular formula is C13H10Cl3NOS. The van der Waals surface area contributed by atoms with Crippen molar-refractivity contribution in [2.45, 2.75) is 10.6 Å². The van der Waals surface area contributed by atoms with E-state index in [0.717, 1.165) is 5.56 Å². The average Bonchev–Trinajstić information content (AvgIpc) is 2.37. The van der Waals surface area contributed by atoms with Crippen molar-refractivity contribution in [1.82, 2.24) is 0 Å². The number of hydrogen-bond donors (Lipinski definition) is 1. The Hall–Kier alpha value is -0.740. The molecular weight excluding hydrogens is 325 g/mol. The molecule has 2 N–H and O–H groups in total. The Morgan fingerprint density at radius 2 is 1.63 bits per heavy atom. The number of nitrogen functional groups attached to an aromatic ring is 1. The van der Waals surface area contributed by atoms with Crippen LogP contribution in [-0.2, 0) is 16.6 Å². The molecule has 0 fully saturated rings. The van der Waals surface area contributed by atoms with Crippen molar-refractivity contribution in [2.24, 2.45) is 0 Å². The first-order valence-electron chi connectivity index (χ1n) is 5.34. The van der Waals surface area contributed by atoms with E-state index in [0.29, 0.717) is 31.4 Å². The zero-order chi connectivity index (χ0) is 14.0. The van der Waals surface area contributed by atoms with Crippen LogP contribution < -0.4 is 5.73 Å². The fourth-order valence-corrected chi connectivity index (χ4v) is 3.13. The second kappa shape index (κ2) is 6.14. The van der Waals surface area contributed by atoms with Gasteiger partial charge in [-0.3, -0.25) is 4.21 Å². The summed E-state index contributed by atoms with van der Waals surface area (Å²) in [7, 11) is -1.21. The van der Waals surface area contributed by atoms with Crippen LogP contribution in [0.4, 0.5) is 5.69 Å². The van der Waals surface area contributed by atoms with Crippen molar-refractivity contribution in [3.8, 4) is 0 Å². The summed E-state index contributed by atoms with van der Waals surface area (Å²) in [5.41, 5.74) is 7.04. The van der Waals surface area contributed by atoms with E-state index in [-0.39, 0.29) is 0 Å². The molecule has 0 bridgehead atoms. The van der Waals surface area contributed by atoms with Crippen LogP contribution in [0.2, 0.25) is 15.1 Å². The fraction of sp³-hybridized carbons (Fsp3) is 0.0769. The van der Waals surface area contributed by atoms with Gasteiger partial charge in [-0.2, -0.15) is 0 Å². The van der Waals surface area contributed by atoms with Gasteiger partial charge in [-0.25, -0.2) is 0 Å². The van der Waals surface area contributed by atoms with Gasteiger partial charge in [0.25, 0.3) is 0 Å². The largest absolute Gasteiger partial charge is 0.398 e. The lowest BCUT2D eigenvalue weighted by Gasteiger charge is -2.06. The molecule has 0 radical (unpaired) electrons. The molecule has 0 spiro atoms. The Labute approximate surface area is 128 Å². The third kappa shape index (κ3) is 3.63. The smallest absolute Gasteiger partial charge is 0.0635 e. The second-order valence-corrected chi connectivity index (χ2v) is 6.59. The summed E-state index contributed by atoms with van der Waals surface area (Å²) in [6, 6.07) is 10.2. The quantitative estimate of drug-likeness (QED) is 0.838. The summed E-state index contributed by atoms with van der Waals surface area (Å²) in [6.45, 7) is 0. The van der Waals surface area contributed by atoms with Crippen molar-refractivity contribution < 1.29 is 4.21 Å². The fourth-order valence-electron chi connectivity index (χ4n) is 1.54. The maximum atomic E-state index is 12.2. The lowest BCUT2D eigenvalue weighted by molar-refractivity contribution is 0.682. The van der Waals surface area contributed by atoms with Crippen molar-refractivity contribution >= 4 is 51.3 Å². The lowest BCUT2D eigenvalue weighted by atomic mass is 10.2. The number of halogens is 3. The van der Waals surface area contributed by atoms with Crippen molar-refractivity contribution in [1.29, 1.82) is 0 Å². The average molecular weight is 335 g/mol. The topological polar surface area (TPSA) is 43.1 Å². The zero-order valence-corrected chi connectivity index (χ0v) is 12.8. The molecule has 0 amide bonds. The van der Waals surface area contributed by atoms with Gasteiger partial charge < -0.3 is 5.73 Å². The van der Waals surface area contributed by atoms with Crippen molar-refractivity contribution in [3.63, 3.8) is 0 Å². The Balaban J connectivity index is 2.20. The first-order chi connectivity index (χ1) is 8.97. The first kappa shape index (κ1) is 14.7. The van der Waals surface area contributed by atoms with E-state index in [2.05, 4.69) is 0 Å². The highest BCUT2D eigenvalue weighted by atomic mass is 35.5. The Morgan fingerprint density at radius 1 is 0.947 bits per heavy atom. The molecule has 0 saturated carbocycles. The highest BCUT2D eigenvalue weighted by molar-refractivity contribution is 7.84. The van der Waals surface area contributed by atoms with Crippen LogP contribution in [-0.4, -0.2) is 4.21 Å². The molecule has 0 heterocycles. The summed E-state index contributed by atoms with van der Waals surface area (Å²) in [6.07, 6.45) is 0. The zero-order valence-electron chi connectivity index (χ0n) is 9.70. The summed E-state index contributed by atoms with van der Waals surface area (Å²) in [5.74, 6) is 0.347. The Morgan fingerprint density at radius 3 is 2.26 bits per heavy atom. The molecule has 2 nitrogen and oxygen atoms in total.